The summed E-state index contributed by atoms with van der Waals surface area (Å²) in [6.07, 6.45) is 8.07. The summed E-state index contributed by atoms with van der Waals surface area (Å²) in [7, 11) is 1.96. The number of benzene rings is 3. The van der Waals surface area contributed by atoms with Crippen LogP contribution >= 0.6 is 11.6 Å². The van der Waals surface area contributed by atoms with Crippen LogP contribution in [0.2, 0.25) is 5.02 Å². The Kier molecular flexibility index (Phi) is 8.78. The second-order valence-electron chi connectivity index (χ2n) is 9.40. The van der Waals surface area contributed by atoms with Crippen molar-refractivity contribution in [3.8, 4) is 22.3 Å². The van der Waals surface area contributed by atoms with Crippen molar-refractivity contribution in [1.29, 1.82) is 0 Å². The molecule has 0 radical (unpaired) electrons. The molecule has 0 bridgehead atoms. The molecule has 3 aromatic carbocycles. The molecule has 0 aliphatic heterocycles. The van der Waals surface area contributed by atoms with E-state index in [1.54, 1.807) is 6.07 Å². The molecule has 4 rings (SSSR count). The Bertz CT molecular complexity index is 1190. The van der Waals surface area contributed by atoms with Crippen LogP contribution in [0.15, 0.2) is 61.2 Å². The van der Waals surface area contributed by atoms with Gasteiger partial charge in [-0.25, -0.2) is 4.39 Å². The molecule has 0 amide bonds. The molecular formula is C31H36ClFN2. The topological polar surface area (TPSA) is 24.1 Å². The van der Waals surface area contributed by atoms with E-state index in [1.807, 2.05) is 25.3 Å². The average molecular weight is 491 g/mol. The van der Waals surface area contributed by atoms with Crippen molar-refractivity contribution in [2.75, 3.05) is 13.6 Å². The van der Waals surface area contributed by atoms with Gasteiger partial charge >= 0.3 is 0 Å². The summed E-state index contributed by atoms with van der Waals surface area (Å²) in [4.78, 5) is 0. The van der Waals surface area contributed by atoms with E-state index in [2.05, 4.69) is 54.5 Å². The fraction of sp³-hybridized carbons (Fsp3) is 0.355. The first-order valence-corrected chi connectivity index (χ1v) is 13.1. The van der Waals surface area contributed by atoms with Crippen molar-refractivity contribution in [3.63, 3.8) is 0 Å². The van der Waals surface area contributed by atoms with E-state index in [9.17, 15) is 0 Å². The summed E-state index contributed by atoms with van der Waals surface area (Å²) in [6, 6.07) is 16.7. The Hall–Kier alpha value is -2.46. The smallest absolute Gasteiger partial charge is 0.128 e. The minimum Gasteiger partial charge on any atom is -0.316 e. The maximum Gasteiger partial charge on any atom is 0.128 e. The van der Waals surface area contributed by atoms with E-state index in [4.69, 9.17) is 11.6 Å². The molecule has 1 atom stereocenters. The van der Waals surface area contributed by atoms with E-state index in [1.165, 1.54) is 23.1 Å². The number of likely N-dealkylation sites (N-methyl/N-ethyl adjacent to an activating group) is 1. The van der Waals surface area contributed by atoms with Crippen LogP contribution in [0.1, 0.15) is 48.4 Å². The number of nitrogens with one attached hydrogen (secondary N) is 2. The fourth-order valence-corrected chi connectivity index (χ4v) is 5.57. The molecule has 0 spiro atoms. The largest absolute Gasteiger partial charge is 0.316 e. The van der Waals surface area contributed by atoms with E-state index < -0.39 is 0 Å². The van der Waals surface area contributed by atoms with Gasteiger partial charge in [0.15, 0.2) is 0 Å². The maximum absolute atomic E-state index is 15.4. The molecule has 2 N–H and O–H groups in total. The summed E-state index contributed by atoms with van der Waals surface area (Å²) in [6.45, 7) is 7.16. The third kappa shape index (κ3) is 5.69. The van der Waals surface area contributed by atoms with Crippen molar-refractivity contribution in [3.05, 3.63) is 94.3 Å². The molecule has 1 aliphatic carbocycles. The summed E-state index contributed by atoms with van der Waals surface area (Å²) < 4.78 is 15.4. The molecule has 35 heavy (non-hydrogen) atoms. The van der Waals surface area contributed by atoms with Crippen LogP contribution in [0.3, 0.4) is 0 Å². The van der Waals surface area contributed by atoms with Gasteiger partial charge in [-0.1, -0.05) is 67.1 Å². The molecular weight excluding hydrogens is 455 g/mol. The molecule has 2 nitrogen and oxygen atoms in total. The molecule has 0 aromatic heterocycles. The number of halogens is 2. The van der Waals surface area contributed by atoms with Crippen LogP contribution in [-0.2, 0) is 25.8 Å². The van der Waals surface area contributed by atoms with Gasteiger partial charge in [0.1, 0.15) is 5.82 Å². The number of hydrogen-bond acceptors (Lipinski definition) is 2. The zero-order valence-corrected chi connectivity index (χ0v) is 21.6. The van der Waals surface area contributed by atoms with Crippen molar-refractivity contribution >= 4 is 11.6 Å². The maximum atomic E-state index is 15.4. The third-order valence-corrected chi connectivity index (χ3v) is 7.64. The predicted molar refractivity (Wildman–Crippen MR) is 148 cm³/mol. The number of aryl methyl sites for hydroxylation is 2. The molecule has 0 saturated carbocycles. The van der Waals surface area contributed by atoms with Crippen molar-refractivity contribution in [2.24, 2.45) is 0 Å². The molecule has 1 unspecified atom stereocenters. The molecule has 3 aromatic rings. The van der Waals surface area contributed by atoms with E-state index >= 15 is 4.39 Å². The zero-order chi connectivity index (χ0) is 24.8. The molecule has 0 saturated heterocycles. The van der Waals surface area contributed by atoms with Gasteiger partial charge in [0.05, 0.1) is 5.02 Å². The first kappa shape index (κ1) is 25.6. The standard InChI is InChI=1S/C31H36ClFN2/c1-4-6-12-24(34-3)19-35-20-29-21(5-2)17-23(18-30(29)33)26-14-9-16-28(31(26)32)27-15-8-11-22-10-7-13-25(22)27/h4,8-9,11,14-18,24,34-35H,1,5-7,10,12-13,19-20H2,2-3H3. The summed E-state index contributed by atoms with van der Waals surface area (Å²) in [5.41, 5.74) is 8.54. The summed E-state index contributed by atoms with van der Waals surface area (Å²) >= 11 is 6.99. The first-order chi connectivity index (χ1) is 17.1. The zero-order valence-electron chi connectivity index (χ0n) is 20.9. The van der Waals surface area contributed by atoms with E-state index in [0.717, 1.165) is 66.5 Å². The van der Waals surface area contributed by atoms with Gasteiger partial charge in [0, 0.05) is 35.8 Å². The minimum absolute atomic E-state index is 0.180. The predicted octanol–water partition coefficient (Wildman–Crippen LogP) is 7.51. The average Bonchev–Trinajstić information content (AvgIpc) is 3.36. The monoisotopic (exact) mass is 490 g/mol. The highest BCUT2D eigenvalue weighted by Crippen LogP contribution is 2.41. The number of rotatable bonds is 11. The number of allylic oxidation sites excluding steroid dienone is 1. The fourth-order valence-electron chi connectivity index (χ4n) is 5.24. The number of fused-ring (bicyclic) bond motifs is 1. The minimum atomic E-state index is -0.180. The third-order valence-electron chi connectivity index (χ3n) is 7.23. The van der Waals surface area contributed by atoms with Gasteiger partial charge in [0.25, 0.3) is 0 Å². The van der Waals surface area contributed by atoms with Gasteiger partial charge in [-0.05, 0) is 79.5 Å². The summed E-state index contributed by atoms with van der Waals surface area (Å²) in [5, 5.41) is 7.45. The lowest BCUT2D eigenvalue weighted by molar-refractivity contribution is 0.477. The molecule has 1 aliphatic rings. The molecule has 184 valence electrons. The van der Waals surface area contributed by atoms with Crippen LogP contribution in [0, 0.1) is 5.82 Å². The van der Waals surface area contributed by atoms with E-state index in [-0.39, 0.29) is 5.82 Å². The highest BCUT2D eigenvalue weighted by molar-refractivity contribution is 6.36. The van der Waals surface area contributed by atoms with Crippen LogP contribution in [-0.4, -0.2) is 19.6 Å². The highest BCUT2D eigenvalue weighted by Gasteiger charge is 2.19. The SMILES string of the molecule is C=CCCC(CNCc1c(F)cc(-c2cccc(-c3cccc4c3CCC4)c2Cl)cc1CC)NC. The second kappa shape index (κ2) is 12.0. The van der Waals surface area contributed by atoms with Gasteiger partial charge in [-0.15, -0.1) is 6.58 Å². The van der Waals surface area contributed by atoms with Gasteiger partial charge < -0.3 is 10.6 Å². The van der Waals surface area contributed by atoms with E-state index in [0.29, 0.717) is 17.6 Å². The molecule has 0 fully saturated rings. The summed E-state index contributed by atoms with van der Waals surface area (Å²) in [5.74, 6) is -0.180. The Morgan fingerprint density at radius 3 is 2.63 bits per heavy atom. The lowest BCUT2D eigenvalue weighted by atomic mass is 9.92. The lowest BCUT2D eigenvalue weighted by Gasteiger charge is -2.18. The lowest BCUT2D eigenvalue weighted by Crippen LogP contribution is -2.36. The highest BCUT2D eigenvalue weighted by atomic mass is 35.5. The Morgan fingerprint density at radius 2 is 1.86 bits per heavy atom. The van der Waals surface area contributed by atoms with Gasteiger partial charge in [-0.3, -0.25) is 0 Å². The Morgan fingerprint density at radius 1 is 1.09 bits per heavy atom. The normalized spacial score (nSPS) is 13.6. The Balaban J connectivity index is 1.61. The molecule has 4 heteroatoms. The van der Waals surface area contributed by atoms with Crippen LogP contribution in [0.5, 0.6) is 0 Å². The van der Waals surface area contributed by atoms with Crippen molar-refractivity contribution in [1.82, 2.24) is 10.6 Å². The van der Waals surface area contributed by atoms with Gasteiger partial charge in [0.2, 0.25) is 0 Å². The van der Waals surface area contributed by atoms with Crippen LogP contribution < -0.4 is 10.6 Å². The van der Waals surface area contributed by atoms with Crippen LogP contribution in [0.4, 0.5) is 4.39 Å². The van der Waals surface area contributed by atoms with Crippen molar-refractivity contribution in [2.45, 2.75) is 58.0 Å². The Labute approximate surface area is 214 Å². The second-order valence-corrected chi connectivity index (χ2v) is 9.77. The first-order valence-electron chi connectivity index (χ1n) is 12.8. The van der Waals surface area contributed by atoms with Crippen LogP contribution in [0.25, 0.3) is 22.3 Å². The molecule has 0 heterocycles. The van der Waals surface area contributed by atoms with Crippen molar-refractivity contribution < 1.29 is 4.39 Å². The van der Waals surface area contributed by atoms with Gasteiger partial charge in [-0.2, -0.15) is 0 Å². The number of hydrogen-bond donors (Lipinski definition) is 2. The quantitative estimate of drug-likeness (QED) is 0.272.